The molecule has 0 saturated heterocycles. The lowest BCUT2D eigenvalue weighted by molar-refractivity contribution is 0.599. The van der Waals surface area contributed by atoms with Gasteiger partial charge in [0.2, 0.25) is 0 Å². The first-order chi connectivity index (χ1) is 5.56. The number of hydrogen-bond donors (Lipinski definition) is 0. The first-order valence-electron chi connectivity index (χ1n) is 3.14. The van der Waals surface area contributed by atoms with Crippen LogP contribution in [-0.2, 0) is 16.9 Å². The van der Waals surface area contributed by atoms with Gasteiger partial charge in [-0.25, -0.2) is 8.42 Å². The van der Waals surface area contributed by atoms with Gasteiger partial charge in [0.1, 0.15) is 10.6 Å². The molecule has 0 spiro atoms. The second kappa shape index (κ2) is 2.95. The van der Waals surface area contributed by atoms with Gasteiger partial charge in [0, 0.05) is 13.2 Å². The number of hydrogen-bond acceptors (Lipinski definition) is 4. The van der Waals surface area contributed by atoms with Gasteiger partial charge in [-0.15, -0.1) is 0 Å². The first-order valence-corrected chi connectivity index (χ1v) is 4.80. The highest BCUT2D eigenvalue weighted by atomic mass is 32.2. The first kappa shape index (κ1) is 8.74. The summed E-state index contributed by atoms with van der Waals surface area (Å²) < 4.78 is 23.7. The Balaban J connectivity index is 3.08. The minimum atomic E-state index is -3.43. The van der Waals surface area contributed by atoms with Gasteiger partial charge < -0.3 is 0 Å². The topological polar surface area (TPSA) is 75.8 Å². The minimum Gasteiger partial charge on any atom is -0.274 e. The van der Waals surface area contributed by atoms with E-state index in [1.165, 1.54) is 17.1 Å². The molecule has 5 nitrogen and oxygen atoms in total. The second-order valence-electron chi connectivity index (χ2n) is 2.27. The van der Waals surface area contributed by atoms with E-state index in [0.29, 0.717) is 0 Å². The third-order valence-corrected chi connectivity index (χ3v) is 2.73. The lowest BCUT2D eigenvalue weighted by Crippen LogP contribution is -2.03. The van der Waals surface area contributed by atoms with E-state index in [4.69, 9.17) is 5.26 Å². The summed E-state index contributed by atoms with van der Waals surface area (Å²) in [4.78, 5) is 0.0894. The third-order valence-electron chi connectivity index (χ3n) is 1.29. The Morgan fingerprint density at radius 1 is 1.75 bits per heavy atom. The summed E-state index contributed by atoms with van der Waals surface area (Å²) in [7, 11) is -1.82. The van der Waals surface area contributed by atoms with Crippen molar-refractivity contribution < 1.29 is 8.42 Å². The number of nitrogens with zero attached hydrogens (tertiary/aromatic N) is 3. The number of sulfone groups is 1. The Labute approximate surface area is 70.2 Å². The van der Waals surface area contributed by atoms with Gasteiger partial charge in [-0.2, -0.15) is 10.4 Å². The Morgan fingerprint density at radius 3 is 2.83 bits per heavy atom. The van der Waals surface area contributed by atoms with Crippen molar-refractivity contribution >= 4 is 9.84 Å². The number of aryl methyl sites for hydroxylation is 1. The summed E-state index contributed by atoms with van der Waals surface area (Å²) >= 11 is 0. The summed E-state index contributed by atoms with van der Waals surface area (Å²) in [5.41, 5.74) is 0. The van der Waals surface area contributed by atoms with E-state index in [1.54, 1.807) is 13.1 Å². The van der Waals surface area contributed by atoms with E-state index in [-0.39, 0.29) is 4.90 Å². The highest BCUT2D eigenvalue weighted by Crippen LogP contribution is 2.07. The monoisotopic (exact) mass is 185 g/mol. The van der Waals surface area contributed by atoms with Crippen LogP contribution in [-0.4, -0.2) is 24.0 Å². The number of aromatic nitrogens is 2. The second-order valence-corrected chi connectivity index (χ2v) is 4.26. The molecule has 0 saturated carbocycles. The molecule has 0 aliphatic heterocycles. The summed E-state index contributed by atoms with van der Waals surface area (Å²) in [6.07, 6.45) is 2.60. The molecule has 1 aromatic rings. The molecule has 0 aliphatic carbocycles. The van der Waals surface area contributed by atoms with E-state index in [1.807, 2.05) is 0 Å². The maximum atomic E-state index is 11.2. The molecule has 6 heteroatoms. The molecular weight excluding hydrogens is 178 g/mol. The van der Waals surface area contributed by atoms with Gasteiger partial charge in [0.05, 0.1) is 12.3 Å². The fourth-order valence-electron chi connectivity index (χ4n) is 0.728. The van der Waals surface area contributed by atoms with E-state index < -0.39 is 15.6 Å². The smallest absolute Gasteiger partial charge is 0.194 e. The SMILES string of the molecule is Cn1cc(S(=O)(=O)CC#N)cn1. The summed E-state index contributed by atoms with van der Waals surface area (Å²) in [5.74, 6) is -0.501. The highest BCUT2D eigenvalue weighted by molar-refractivity contribution is 7.91. The molecule has 0 amide bonds. The van der Waals surface area contributed by atoms with Crippen molar-refractivity contribution in [3.8, 4) is 6.07 Å². The fourth-order valence-corrected chi connectivity index (χ4v) is 1.59. The van der Waals surface area contributed by atoms with Gasteiger partial charge in [-0.1, -0.05) is 0 Å². The van der Waals surface area contributed by atoms with Crippen LogP contribution in [0.25, 0.3) is 0 Å². The molecule has 12 heavy (non-hydrogen) atoms. The van der Waals surface area contributed by atoms with Crippen LogP contribution >= 0.6 is 0 Å². The van der Waals surface area contributed by atoms with E-state index in [9.17, 15) is 8.42 Å². The zero-order valence-corrected chi connectivity index (χ0v) is 7.24. The molecular formula is C6H7N3O2S. The lowest BCUT2D eigenvalue weighted by atomic mass is 10.7. The van der Waals surface area contributed by atoms with Gasteiger partial charge in [0.25, 0.3) is 0 Å². The van der Waals surface area contributed by atoms with Crippen molar-refractivity contribution in [3.05, 3.63) is 12.4 Å². The molecule has 0 aliphatic rings. The van der Waals surface area contributed by atoms with Crippen molar-refractivity contribution in [2.75, 3.05) is 5.75 Å². The molecule has 0 N–H and O–H groups in total. The van der Waals surface area contributed by atoms with E-state index in [0.717, 1.165) is 0 Å². The van der Waals surface area contributed by atoms with Crippen LogP contribution in [0.1, 0.15) is 0 Å². The molecule has 0 unspecified atom stereocenters. The Bertz CT molecular complexity index is 412. The summed E-state index contributed by atoms with van der Waals surface area (Å²) in [5, 5.41) is 11.9. The Morgan fingerprint density at radius 2 is 2.42 bits per heavy atom. The number of rotatable bonds is 2. The van der Waals surface area contributed by atoms with Crippen molar-refractivity contribution in [1.29, 1.82) is 5.26 Å². The fraction of sp³-hybridized carbons (Fsp3) is 0.333. The average molecular weight is 185 g/mol. The molecule has 0 aromatic carbocycles. The molecule has 0 atom stereocenters. The molecule has 64 valence electrons. The van der Waals surface area contributed by atoms with Crippen LogP contribution in [0.15, 0.2) is 17.3 Å². The molecule has 1 rings (SSSR count). The van der Waals surface area contributed by atoms with E-state index in [2.05, 4.69) is 5.10 Å². The third kappa shape index (κ3) is 1.62. The van der Waals surface area contributed by atoms with Crippen LogP contribution < -0.4 is 0 Å². The minimum absolute atomic E-state index is 0.0894. The molecule has 0 fully saturated rings. The zero-order chi connectivity index (χ0) is 9.19. The maximum absolute atomic E-state index is 11.2. The highest BCUT2D eigenvalue weighted by Gasteiger charge is 2.14. The van der Waals surface area contributed by atoms with Crippen molar-refractivity contribution in [1.82, 2.24) is 9.78 Å². The zero-order valence-electron chi connectivity index (χ0n) is 6.43. The molecule has 0 radical (unpaired) electrons. The van der Waals surface area contributed by atoms with Crippen LogP contribution in [0, 0.1) is 11.3 Å². The molecule has 0 bridgehead atoms. The van der Waals surface area contributed by atoms with Gasteiger partial charge in [-0.05, 0) is 0 Å². The quantitative estimate of drug-likeness (QED) is 0.634. The van der Waals surface area contributed by atoms with Crippen LogP contribution in [0.3, 0.4) is 0 Å². The standard InChI is InChI=1S/C6H7N3O2S/c1-9-5-6(4-8-9)12(10,11)3-2-7/h4-5H,3H2,1H3. The molecule has 1 heterocycles. The molecule has 1 aromatic heterocycles. The van der Waals surface area contributed by atoms with Crippen molar-refractivity contribution in [2.45, 2.75) is 4.90 Å². The van der Waals surface area contributed by atoms with E-state index >= 15 is 0 Å². The number of nitriles is 1. The van der Waals surface area contributed by atoms with Crippen molar-refractivity contribution in [3.63, 3.8) is 0 Å². The predicted octanol–water partition coefficient (Wildman–Crippen LogP) is -0.283. The summed E-state index contributed by atoms with van der Waals surface area (Å²) in [6.45, 7) is 0. The average Bonchev–Trinajstić information content (AvgIpc) is 2.36. The summed E-state index contributed by atoms with van der Waals surface area (Å²) in [6, 6.07) is 1.59. The Hall–Kier alpha value is -1.35. The predicted molar refractivity (Wildman–Crippen MR) is 40.9 cm³/mol. The largest absolute Gasteiger partial charge is 0.274 e. The van der Waals surface area contributed by atoms with Crippen molar-refractivity contribution in [2.24, 2.45) is 7.05 Å². The van der Waals surface area contributed by atoms with Gasteiger partial charge in [-0.3, -0.25) is 4.68 Å². The van der Waals surface area contributed by atoms with Crippen LogP contribution in [0.2, 0.25) is 0 Å². The van der Waals surface area contributed by atoms with Crippen LogP contribution in [0.4, 0.5) is 0 Å². The lowest BCUT2D eigenvalue weighted by Gasteiger charge is -1.91. The normalized spacial score (nSPS) is 11.0. The maximum Gasteiger partial charge on any atom is 0.194 e. The Kier molecular flexibility index (Phi) is 2.15. The van der Waals surface area contributed by atoms with Crippen LogP contribution in [0.5, 0.6) is 0 Å². The van der Waals surface area contributed by atoms with Gasteiger partial charge in [0.15, 0.2) is 9.84 Å². The van der Waals surface area contributed by atoms with Gasteiger partial charge >= 0.3 is 0 Å².